The smallest absolute Gasteiger partial charge is 0.202 e. The second-order valence-corrected chi connectivity index (χ2v) is 5.10. The Morgan fingerprint density at radius 2 is 2.20 bits per heavy atom. The van der Waals surface area contributed by atoms with E-state index in [1.807, 2.05) is 0 Å². The lowest BCUT2D eigenvalue weighted by Crippen LogP contribution is -2.35. The Morgan fingerprint density at radius 3 is 2.80 bits per heavy atom. The Bertz CT molecular complexity index is 283. The molecular formula is C10H17N3OS. The zero-order valence-corrected chi connectivity index (χ0v) is 9.59. The molecule has 1 saturated carbocycles. The summed E-state index contributed by atoms with van der Waals surface area (Å²) in [6.45, 7) is 1.09. The second kappa shape index (κ2) is 4.90. The van der Waals surface area contributed by atoms with Crippen LogP contribution >= 0.6 is 11.5 Å². The summed E-state index contributed by atoms with van der Waals surface area (Å²) in [5.74, 6) is 0. The first-order valence-corrected chi connectivity index (χ1v) is 6.23. The van der Waals surface area contributed by atoms with Gasteiger partial charge < -0.3 is 10.4 Å². The average Bonchev–Trinajstić information content (AvgIpc) is 2.81. The van der Waals surface area contributed by atoms with Gasteiger partial charge in [0.15, 0.2) is 0 Å². The molecular weight excluding hydrogens is 210 g/mol. The lowest BCUT2D eigenvalue weighted by atomic mass is 9.74. The predicted molar refractivity (Wildman–Crippen MR) is 61.0 cm³/mol. The first-order chi connectivity index (χ1) is 7.35. The van der Waals surface area contributed by atoms with Crippen molar-refractivity contribution in [2.24, 2.45) is 5.41 Å². The molecule has 0 amide bonds. The third kappa shape index (κ3) is 2.66. The summed E-state index contributed by atoms with van der Waals surface area (Å²) in [6, 6.07) is 0. The van der Waals surface area contributed by atoms with Gasteiger partial charge in [-0.2, -0.15) is 4.37 Å². The number of anilines is 1. The van der Waals surface area contributed by atoms with E-state index in [0.29, 0.717) is 0 Å². The standard InChI is InChI=1S/C10H17N3OS/c14-7-10(4-2-1-3-5-10)6-11-9-12-8-13-15-9/h8,14H,1-7H2,(H,11,12,13). The molecule has 0 saturated heterocycles. The van der Waals surface area contributed by atoms with E-state index in [4.69, 9.17) is 0 Å². The van der Waals surface area contributed by atoms with Gasteiger partial charge in [-0.15, -0.1) is 0 Å². The maximum Gasteiger partial charge on any atom is 0.202 e. The van der Waals surface area contributed by atoms with E-state index >= 15 is 0 Å². The van der Waals surface area contributed by atoms with Crippen molar-refractivity contribution in [2.45, 2.75) is 32.1 Å². The molecule has 0 bridgehead atoms. The minimum absolute atomic E-state index is 0.0733. The van der Waals surface area contributed by atoms with Gasteiger partial charge in [-0.25, -0.2) is 4.98 Å². The van der Waals surface area contributed by atoms with Gasteiger partial charge in [0.05, 0.1) is 6.61 Å². The van der Waals surface area contributed by atoms with E-state index in [-0.39, 0.29) is 12.0 Å². The van der Waals surface area contributed by atoms with E-state index in [2.05, 4.69) is 14.7 Å². The van der Waals surface area contributed by atoms with Crippen LogP contribution < -0.4 is 5.32 Å². The number of rotatable bonds is 4. The zero-order valence-electron chi connectivity index (χ0n) is 8.78. The number of hydrogen-bond acceptors (Lipinski definition) is 5. The van der Waals surface area contributed by atoms with Crippen LogP contribution in [0.4, 0.5) is 5.13 Å². The van der Waals surface area contributed by atoms with Crippen molar-refractivity contribution in [3.05, 3.63) is 6.33 Å². The molecule has 2 N–H and O–H groups in total. The molecule has 1 aliphatic rings. The molecule has 1 heterocycles. The molecule has 0 atom stereocenters. The van der Waals surface area contributed by atoms with Crippen LogP contribution in [0, 0.1) is 5.41 Å². The summed E-state index contributed by atoms with van der Waals surface area (Å²) in [7, 11) is 0. The number of hydrogen-bond donors (Lipinski definition) is 2. The summed E-state index contributed by atoms with van der Waals surface area (Å²) < 4.78 is 3.94. The normalized spacial score (nSPS) is 20.1. The van der Waals surface area contributed by atoms with Crippen LogP contribution in [0.5, 0.6) is 0 Å². The van der Waals surface area contributed by atoms with Gasteiger partial charge in [0.25, 0.3) is 0 Å². The highest BCUT2D eigenvalue weighted by Gasteiger charge is 2.31. The molecule has 15 heavy (non-hydrogen) atoms. The molecule has 5 heteroatoms. The molecule has 0 aliphatic heterocycles. The zero-order chi connectivity index (χ0) is 10.6. The summed E-state index contributed by atoms with van der Waals surface area (Å²) in [5.41, 5.74) is 0.0733. The van der Waals surface area contributed by atoms with E-state index in [1.165, 1.54) is 30.8 Å². The lowest BCUT2D eigenvalue weighted by Gasteiger charge is -2.35. The summed E-state index contributed by atoms with van der Waals surface area (Å²) >= 11 is 1.37. The monoisotopic (exact) mass is 227 g/mol. The van der Waals surface area contributed by atoms with Crippen molar-refractivity contribution >= 4 is 16.7 Å². The van der Waals surface area contributed by atoms with Gasteiger partial charge in [0.2, 0.25) is 5.13 Å². The van der Waals surface area contributed by atoms with Crippen LogP contribution in [-0.4, -0.2) is 27.6 Å². The SMILES string of the molecule is OCC1(CNc2ncns2)CCCCC1. The Kier molecular flexibility index (Phi) is 3.53. The summed E-state index contributed by atoms with van der Waals surface area (Å²) in [4.78, 5) is 4.08. The average molecular weight is 227 g/mol. The quantitative estimate of drug-likeness (QED) is 0.824. The van der Waals surface area contributed by atoms with Crippen LogP contribution in [-0.2, 0) is 0 Å². The van der Waals surface area contributed by atoms with Gasteiger partial charge in [0, 0.05) is 23.5 Å². The number of aromatic nitrogens is 2. The number of aliphatic hydroxyl groups is 1. The molecule has 1 fully saturated rings. The number of aliphatic hydroxyl groups excluding tert-OH is 1. The Hall–Kier alpha value is -0.680. The van der Waals surface area contributed by atoms with Crippen LogP contribution in [0.3, 0.4) is 0 Å². The van der Waals surface area contributed by atoms with Crippen molar-refractivity contribution in [2.75, 3.05) is 18.5 Å². The Morgan fingerprint density at radius 1 is 1.40 bits per heavy atom. The van der Waals surface area contributed by atoms with E-state index < -0.39 is 0 Å². The van der Waals surface area contributed by atoms with Gasteiger partial charge in [0.1, 0.15) is 6.33 Å². The fraction of sp³-hybridized carbons (Fsp3) is 0.800. The molecule has 1 aromatic rings. The highest BCUT2D eigenvalue weighted by atomic mass is 32.1. The minimum atomic E-state index is 0.0733. The van der Waals surface area contributed by atoms with Crippen LogP contribution in [0.15, 0.2) is 6.33 Å². The van der Waals surface area contributed by atoms with Crippen LogP contribution in [0.2, 0.25) is 0 Å². The third-order valence-corrected chi connectivity index (χ3v) is 3.85. The van der Waals surface area contributed by atoms with Crippen molar-refractivity contribution < 1.29 is 5.11 Å². The lowest BCUT2D eigenvalue weighted by molar-refractivity contribution is 0.0944. The third-order valence-electron chi connectivity index (χ3n) is 3.23. The number of nitrogens with one attached hydrogen (secondary N) is 1. The molecule has 4 nitrogen and oxygen atoms in total. The van der Waals surface area contributed by atoms with E-state index in [0.717, 1.165) is 24.5 Å². The van der Waals surface area contributed by atoms with Crippen molar-refractivity contribution in [1.82, 2.24) is 9.36 Å². The fourth-order valence-corrected chi connectivity index (χ4v) is 2.63. The van der Waals surface area contributed by atoms with Crippen molar-refractivity contribution in [3.63, 3.8) is 0 Å². The van der Waals surface area contributed by atoms with Crippen LogP contribution in [0.1, 0.15) is 32.1 Å². The summed E-state index contributed by atoms with van der Waals surface area (Å²) in [5, 5.41) is 13.6. The highest BCUT2D eigenvalue weighted by Crippen LogP contribution is 2.35. The van der Waals surface area contributed by atoms with Gasteiger partial charge >= 0.3 is 0 Å². The van der Waals surface area contributed by atoms with Gasteiger partial charge in [-0.1, -0.05) is 19.3 Å². The second-order valence-electron chi connectivity index (χ2n) is 4.32. The summed E-state index contributed by atoms with van der Waals surface area (Å²) in [6.07, 6.45) is 7.57. The van der Waals surface area contributed by atoms with Gasteiger partial charge in [-0.3, -0.25) is 0 Å². The molecule has 0 unspecified atom stereocenters. The molecule has 1 aromatic heterocycles. The number of nitrogens with zero attached hydrogens (tertiary/aromatic N) is 2. The van der Waals surface area contributed by atoms with Crippen molar-refractivity contribution in [3.8, 4) is 0 Å². The van der Waals surface area contributed by atoms with Crippen LogP contribution in [0.25, 0.3) is 0 Å². The molecule has 0 radical (unpaired) electrons. The molecule has 0 aromatic carbocycles. The van der Waals surface area contributed by atoms with Gasteiger partial charge in [-0.05, 0) is 12.8 Å². The predicted octanol–water partition coefficient (Wildman–Crippen LogP) is 1.89. The largest absolute Gasteiger partial charge is 0.396 e. The highest BCUT2D eigenvalue weighted by molar-refractivity contribution is 7.09. The minimum Gasteiger partial charge on any atom is -0.396 e. The Balaban J connectivity index is 1.89. The van der Waals surface area contributed by atoms with E-state index in [9.17, 15) is 5.11 Å². The maximum absolute atomic E-state index is 9.50. The topological polar surface area (TPSA) is 58.0 Å². The first kappa shape index (κ1) is 10.8. The maximum atomic E-state index is 9.50. The van der Waals surface area contributed by atoms with E-state index in [1.54, 1.807) is 6.33 Å². The molecule has 0 spiro atoms. The van der Waals surface area contributed by atoms with Crippen molar-refractivity contribution in [1.29, 1.82) is 0 Å². The molecule has 2 rings (SSSR count). The molecule has 84 valence electrons. The fourth-order valence-electron chi connectivity index (χ4n) is 2.21. The Labute approximate surface area is 93.9 Å². The first-order valence-electron chi connectivity index (χ1n) is 5.46. The molecule has 1 aliphatic carbocycles.